The van der Waals surface area contributed by atoms with Gasteiger partial charge in [0.25, 0.3) is 0 Å². The maximum atomic E-state index is 11.4. The normalized spacial score (nSPS) is 18.0. The number of nitrogens with zero attached hydrogens (tertiary/aromatic N) is 4. The van der Waals surface area contributed by atoms with Gasteiger partial charge in [0.15, 0.2) is 0 Å². The van der Waals surface area contributed by atoms with Crippen LogP contribution >= 0.6 is 15.9 Å². The summed E-state index contributed by atoms with van der Waals surface area (Å²) in [5.74, 6) is 0.910. The third kappa shape index (κ3) is 3.09. The van der Waals surface area contributed by atoms with Crippen molar-refractivity contribution in [2.45, 2.75) is 0 Å². The lowest BCUT2D eigenvalue weighted by Crippen LogP contribution is -2.48. The summed E-state index contributed by atoms with van der Waals surface area (Å²) in [5.41, 5.74) is 5.65. The predicted molar refractivity (Wildman–Crippen MR) is 72.8 cm³/mol. The van der Waals surface area contributed by atoms with E-state index in [1.165, 1.54) is 10.6 Å². The molecule has 1 fully saturated rings. The fraction of sp³-hybridized carbons (Fsp3) is 0.556. The minimum atomic E-state index is -3.12. The van der Waals surface area contributed by atoms with E-state index in [1.54, 1.807) is 6.07 Å². The Hall–Kier alpha value is -0.930. The number of hydrogen-bond acceptors (Lipinski definition) is 6. The molecule has 0 bridgehead atoms. The first-order chi connectivity index (χ1) is 8.36. The molecule has 18 heavy (non-hydrogen) atoms. The number of sulfonamides is 1. The van der Waals surface area contributed by atoms with Crippen LogP contribution in [-0.2, 0) is 10.0 Å². The molecular formula is C9H14BrN5O2S. The van der Waals surface area contributed by atoms with E-state index in [4.69, 9.17) is 5.73 Å². The maximum Gasteiger partial charge on any atom is 0.228 e. The topological polar surface area (TPSA) is 92.4 Å². The minimum Gasteiger partial charge on any atom is -0.383 e. The van der Waals surface area contributed by atoms with Gasteiger partial charge in [-0.15, -0.1) is 0 Å². The van der Waals surface area contributed by atoms with Gasteiger partial charge in [-0.25, -0.2) is 13.4 Å². The molecule has 100 valence electrons. The lowest BCUT2D eigenvalue weighted by molar-refractivity contribution is 0.385. The number of anilines is 2. The van der Waals surface area contributed by atoms with Gasteiger partial charge in [-0.05, 0) is 15.9 Å². The van der Waals surface area contributed by atoms with Gasteiger partial charge in [0.1, 0.15) is 10.4 Å². The highest BCUT2D eigenvalue weighted by atomic mass is 79.9. The van der Waals surface area contributed by atoms with Crippen LogP contribution in [0.1, 0.15) is 0 Å². The van der Waals surface area contributed by atoms with Crippen molar-refractivity contribution in [1.29, 1.82) is 0 Å². The van der Waals surface area contributed by atoms with Crippen molar-refractivity contribution in [3.63, 3.8) is 0 Å². The van der Waals surface area contributed by atoms with E-state index < -0.39 is 10.0 Å². The van der Waals surface area contributed by atoms with Crippen LogP contribution in [0.3, 0.4) is 0 Å². The van der Waals surface area contributed by atoms with E-state index >= 15 is 0 Å². The molecule has 1 saturated heterocycles. The molecule has 1 aliphatic rings. The predicted octanol–water partition coefficient (Wildman–Crippen LogP) is -0.0971. The van der Waals surface area contributed by atoms with E-state index in [0.29, 0.717) is 42.5 Å². The first-order valence-corrected chi connectivity index (χ1v) is 8.00. The zero-order chi connectivity index (χ0) is 13.3. The molecule has 0 atom stereocenters. The van der Waals surface area contributed by atoms with Crippen molar-refractivity contribution < 1.29 is 8.42 Å². The van der Waals surface area contributed by atoms with Crippen molar-refractivity contribution in [2.24, 2.45) is 0 Å². The summed E-state index contributed by atoms with van der Waals surface area (Å²) in [4.78, 5) is 10.3. The standard InChI is InChI=1S/C9H14BrN5O2S/c1-18(16,17)15-4-2-14(3-5-15)9-12-7(10)6-8(11)13-9/h6H,2-5H2,1H3,(H2,11,12,13). The van der Waals surface area contributed by atoms with E-state index in [2.05, 4.69) is 25.9 Å². The molecule has 1 aliphatic heterocycles. The van der Waals surface area contributed by atoms with Gasteiger partial charge in [0, 0.05) is 32.2 Å². The molecule has 0 spiro atoms. The smallest absolute Gasteiger partial charge is 0.228 e. The van der Waals surface area contributed by atoms with Crippen molar-refractivity contribution in [3.05, 3.63) is 10.7 Å². The van der Waals surface area contributed by atoms with Crippen LogP contribution in [0.25, 0.3) is 0 Å². The Morgan fingerprint density at radius 3 is 2.39 bits per heavy atom. The average Bonchev–Trinajstić information content (AvgIpc) is 2.27. The highest BCUT2D eigenvalue weighted by Gasteiger charge is 2.24. The Morgan fingerprint density at radius 1 is 1.28 bits per heavy atom. The number of piperazine rings is 1. The first kappa shape index (κ1) is 13.5. The van der Waals surface area contributed by atoms with Gasteiger partial charge in [-0.3, -0.25) is 0 Å². The largest absolute Gasteiger partial charge is 0.383 e. The van der Waals surface area contributed by atoms with Crippen molar-refractivity contribution in [1.82, 2.24) is 14.3 Å². The second-order valence-electron chi connectivity index (χ2n) is 4.06. The summed E-state index contributed by atoms with van der Waals surface area (Å²) >= 11 is 3.26. The molecule has 0 saturated carbocycles. The molecule has 0 radical (unpaired) electrons. The van der Waals surface area contributed by atoms with Gasteiger partial charge in [-0.2, -0.15) is 9.29 Å². The van der Waals surface area contributed by atoms with E-state index in [9.17, 15) is 8.42 Å². The van der Waals surface area contributed by atoms with Gasteiger partial charge in [0.05, 0.1) is 6.26 Å². The Morgan fingerprint density at radius 2 is 1.89 bits per heavy atom. The Labute approximate surface area is 114 Å². The quantitative estimate of drug-likeness (QED) is 0.759. The van der Waals surface area contributed by atoms with Crippen LogP contribution in [-0.4, -0.2) is 55.1 Å². The summed E-state index contributed by atoms with van der Waals surface area (Å²) in [6, 6.07) is 1.62. The molecule has 1 aromatic heterocycles. The fourth-order valence-electron chi connectivity index (χ4n) is 1.78. The summed E-state index contributed by atoms with van der Waals surface area (Å²) in [7, 11) is -3.12. The van der Waals surface area contributed by atoms with Crippen LogP contribution in [0.5, 0.6) is 0 Å². The second-order valence-corrected chi connectivity index (χ2v) is 6.86. The molecule has 1 aromatic rings. The molecule has 0 aromatic carbocycles. The number of halogens is 1. The van der Waals surface area contributed by atoms with Crippen LogP contribution in [0.4, 0.5) is 11.8 Å². The maximum absolute atomic E-state index is 11.4. The molecule has 2 rings (SSSR count). The number of nitrogens with two attached hydrogens (primary N) is 1. The monoisotopic (exact) mass is 335 g/mol. The number of nitrogen functional groups attached to an aromatic ring is 1. The van der Waals surface area contributed by atoms with Crippen molar-refractivity contribution in [3.8, 4) is 0 Å². The van der Waals surface area contributed by atoms with Crippen LogP contribution in [0.15, 0.2) is 10.7 Å². The Bertz CT molecular complexity index is 522. The Kier molecular flexibility index (Phi) is 3.74. The number of aromatic nitrogens is 2. The Balaban J connectivity index is 2.10. The minimum absolute atomic E-state index is 0.386. The molecule has 2 heterocycles. The summed E-state index contributed by atoms with van der Waals surface area (Å²) in [6.07, 6.45) is 1.22. The van der Waals surface area contributed by atoms with Gasteiger partial charge < -0.3 is 10.6 Å². The summed E-state index contributed by atoms with van der Waals surface area (Å²) < 4.78 is 24.8. The van der Waals surface area contributed by atoms with Gasteiger partial charge in [-0.1, -0.05) is 0 Å². The second kappa shape index (κ2) is 4.98. The lowest BCUT2D eigenvalue weighted by Gasteiger charge is -2.33. The lowest BCUT2D eigenvalue weighted by atomic mass is 10.4. The summed E-state index contributed by atoms with van der Waals surface area (Å²) in [6.45, 7) is 2.00. The highest BCUT2D eigenvalue weighted by molar-refractivity contribution is 9.10. The fourth-order valence-corrected chi connectivity index (χ4v) is 3.00. The zero-order valence-electron chi connectivity index (χ0n) is 9.87. The van der Waals surface area contributed by atoms with Gasteiger partial charge in [0.2, 0.25) is 16.0 Å². The molecule has 0 unspecified atom stereocenters. The average molecular weight is 336 g/mol. The van der Waals surface area contributed by atoms with Crippen molar-refractivity contribution >= 4 is 37.7 Å². The van der Waals surface area contributed by atoms with Crippen LogP contribution in [0, 0.1) is 0 Å². The molecule has 9 heteroatoms. The van der Waals surface area contributed by atoms with E-state index in [0.717, 1.165) is 0 Å². The highest BCUT2D eigenvalue weighted by Crippen LogP contribution is 2.17. The van der Waals surface area contributed by atoms with Crippen molar-refractivity contribution in [2.75, 3.05) is 43.1 Å². The molecule has 2 N–H and O–H groups in total. The number of rotatable bonds is 2. The molecule has 7 nitrogen and oxygen atoms in total. The van der Waals surface area contributed by atoms with E-state index in [1.807, 2.05) is 4.90 Å². The third-order valence-corrected chi connectivity index (χ3v) is 4.40. The SMILES string of the molecule is CS(=O)(=O)N1CCN(c2nc(N)cc(Br)n2)CC1. The number of hydrogen-bond donors (Lipinski definition) is 1. The first-order valence-electron chi connectivity index (χ1n) is 5.36. The van der Waals surface area contributed by atoms with Crippen LogP contribution < -0.4 is 10.6 Å². The third-order valence-electron chi connectivity index (χ3n) is 2.69. The summed E-state index contributed by atoms with van der Waals surface area (Å²) in [5, 5.41) is 0. The van der Waals surface area contributed by atoms with Gasteiger partial charge >= 0.3 is 0 Å². The van der Waals surface area contributed by atoms with E-state index in [-0.39, 0.29) is 0 Å². The molecule has 0 aliphatic carbocycles. The zero-order valence-corrected chi connectivity index (χ0v) is 12.3. The molecular weight excluding hydrogens is 322 g/mol. The molecule has 0 amide bonds. The van der Waals surface area contributed by atoms with Crippen LogP contribution in [0.2, 0.25) is 0 Å².